The van der Waals surface area contributed by atoms with E-state index in [0.29, 0.717) is 24.7 Å². The summed E-state index contributed by atoms with van der Waals surface area (Å²) < 4.78 is 0. The minimum Gasteiger partial charge on any atom is -0.354 e. The number of rotatable bonds is 6. The maximum absolute atomic E-state index is 11.1. The fraction of sp³-hybridized carbons (Fsp3) is 0.545. The lowest BCUT2D eigenvalue weighted by Gasteiger charge is -2.17. The Bertz CT molecular complexity index is 511. The van der Waals surface area contributed by atoms with Gasteiger partial charge in [-0.15, -0.1) is 0 Å². The molecule has 0 saturated heterocycles. The van der Waals surface area contributed by atoms with Gasteiger partial charge in [-0.1, -0.05) is 0 Å². The van der Waals surface area contributed by atoms with E-state index in [-0.39, 0.29) is 17.9 Å². The summed E-state index contributed by atoms with van der Waals surface area (Å²) in [6.45, 7) is 4.46. The van der Waals surface area contributed by atoms with Crippen LogP contribution >= 0.6 is 0 Å². The van der Waals surface area contributed by atoms with Crippen LogP contribution in [0.3, 0.4) is 0 Å². The monoisotopic (exact) mass is 264 g/mol. The molecule has 0 amide bonds. The topological polar surface area (TPSA) is 108 Å². The molecule has 0 unspecified atom stereocenters. The van der Waals surface area contributed by atoms with Crippen molar-refractivity contribution in [2.24, 2.45) is 0 Å². The van der Waals surface area contributed by atoms with E-state index in [4.69, 9.17) is 5.26 Å². The van der Waals surface area contributed by atoms with Crippen LogP contribution in [0, 0.1) is 28.4 Å². The first-order valence-corrected chi connectivity index (χ1v) is 5.86. The Morgan fingerprint density at radius 2 is 2.21 bits per heavy atom. The van der Waals surface area contributed by atoms with Crippen molar-refractivity contribution in [1.29, 1.82) is 5.26 Å². The van der Waals surface area contributed by atoms with Crippen molar-refractivity contribution < 1.29 is 4.92 Å². The number of aromatic nitrogens is 2. The molecule has 8 nitrogen and oxygen atoms in total. The van der Waals surface area contributed by atoms with Crippen LogP contribution in [0.5, 0.6) is 0 Å². The van der Waals surface area contributed by atoms with Crippen molar-refractivity contribution in [2.45, 2.75) is 20.3 Å². The van der Waals surface area contributed by atoms with E-state index in [1.54, 1.807) is 18.9 Å². The van der Waals surface area contributed by atoms with Gasteiger partial charge in [0.2, 0.25) is 11.8 Å². The zero-order chi connectivity index (χ0) is 14.4. The molecular weight excluding hydrogens is 248 g/mol. The summed E-state index contributed by atoms with van der Waals surface area (Å²) in [5.74, 6) is 0.577. The molecule has 0 fully saturated rings. The molecule has 0 bridgehead atoms. The number of hydrogen-bond acceptors (Lipinski definition) is 7. The maximum Gasteiger partial charge on any atom is 0.332 e. The van der Waals surface area contributed by atoms with Crippen molar-refractivity contribution >= 4 is 17.5 Å². The Morgan fingerprint density at radius 1 is 1.53 bits per heavy atom. The van der Waals surface area contributed by atoms with E-state index < -0.39 is 4.92 Å². The number of anilines is 2. The van der Waals surface area contributed by atoms with E-state index in [1.807, 2.05) is 13.0 Å². The van der Waals surface area contributed by atoms with Crippen molar-refractivity contribution in [3.63, 3.8) is 0 Å². The molecule has 0 aliphatic heterocycles. The van der Waals surface area contributed by atoms with E-state index in [0.717, 1.165) is 0 Å². The molecule has 8 heteroatoms. The van der Waals surface area contributed by atoms with Crippen LogP contribution in [0.25, 0.3) is 0 Å². The molecule has 0 aliphatic carbocycles. The molecule has 0 aromatic carbocycles. The molecule has 1 heterocycles. The van der Waals surface area contributed by atoms with Crippen molar-refractivity contribution in [3.8, 4) is 6.07 Å². The molecule has 0 atom stereocenters. The number of nitrogens with one attached hydrogen (secondary N) is 1. The van der Waals surface area contributed by atoms with E-state index in [9.17, 15) is 10.1 Å². The number of nitro groups is 1. The third-order valence-electron chi connectivity index (χ3n) is 2.48. The van der Waals surface area contributed by atoms with Gasteiger partial charge in [-0.3, -0.25) is 10.1 Å². The van der Waals surface area contributed by atoms with Gasteiger partial charge in [0.05, 0.1) is 17.4 Å². The fourth-order valence-electron chi connectivity index (χ4n) is 1.59. The molecule has 1 N–H and O–H groups in total. The summed E-state index contributed by atoms with van der Waals surface area (Å²) in [5, 5.41) is 22.6. The van der Waals surface area contributed by atoms with Gasteiger partial charge in [0, 0.05) is 20.1 Å². The highest BCUT2D eigenvalue weighted by molar-refractivity contribution is 5.62. The molecule has 19 heavy (non-hydrogen) atoms. The molecular formula is C11H16N6O2. The van der Waals surface area contributed by atoms with E-state index in [2.05, 4.69) is 15.3 Å². The number of nitrogens with zero attached hydrogens (tertiary/aromatic N) is 5. The summed E-state index contributed by atoms with van der Waals surface area (Å²) in [6, 6.07) is 2.00. The minimum atomic E-state index is -0.497. The van der Waals surface area contributed by atoms with Crippen LogP contribution in [0.2, 0.25) is 0 Å². The molecule has 1 rings (SSSR count). The zero-order valence-corrected chi connectivity index (χ0v) is 11.2. The summed E-state index contributed by atoms with van der Waals surface area (Å²) in [4.78, 5) is 20.4. The van der Waals surface area contributed by atoms with Crippen LogP contribution in [-0.2, 0) is 0 Å². The third-order valence-corrected chi connectivity index (χ3v) is 2.48. The van der Waals surface area contributed by atoms with Gasteiger partial charge >= 0.3 is 5.69 Å². The molecule has 1 aromatic heterocycles. The van der Waals surface area contributed by atoms with E-state index >= 15 is 0 Å². The predicted molar refractivity (Wildman–Crippen MR) is 71.1 cm³/mol. The highest BCUT2D eigenvalue weighted by Gasteiger charge is 2.24. The zero-order valence-electron chi connectivity index (χ0n) is 11.2. The lowest BCUT2D eigenvalue weighted by Crippen LogP contribution is -2.22. The van der Waals surface area contributed by atoms with E-state index in [1.165, 1.54) is 0 Å². The van der Waals surface area contributed by atoms with Gasteiger partial charge in [-0.05, 0) is 13.8 Å². The Hall–Kier alpha value is -2.43. The first-order valence-electron chi connectivity index (χ1n) is 5.86. The fourth-order valence-corrected chi connectivity index (χ4v) is 1.59. The smallest absolute Gasteiger partial charge is 0.332 e. The first-order chi connectivity index (χ1) is 9.01. The van der Waals surface area contributed by atoms with Crippen LogP contribution < -0.4 is 10.2 Å². The average Bonchev–Trinajstić information content (AvgIpc) is 2.35. The van der Waals surface area contributed by atoms with Gasteiger partial charge in [-0.2, -0.15) is 10.2 Å². The minimum absolute atomic E-state index is 0.123. The number of hydrogen-bond donors (Lipinski definition) is 1. The predicted octanol–water partition coefficient (Wildman–Crippen LogP) is 1.47. The number of nitriles is 1. The quantitative estimate of drug-likeness (QED) is 0.612. The Labute approximate surface area is 111 Å². The average molecular weight is 264 g/mol. The molecule has 102 valence electrons. The van der Waals surface area contributed by atoms with Gasteiger partial charge in [0.25, 0.3) is 0 Å². The largest absolute Gasteiger partial charge is 0.354 e. The Balaban J connectivity index is 3.23. The second-order valence-electron chi connectivity index (χ2n) is 3.92. The molecule has 1 aromatic rings. The summed E-state index contributed by atoms with van der Waals surface area (Å²) in [7, 11) is 1.67. The van der Waals surface area contributed by atoms with Crippen LogP contribution in [0.15, 0.2) is 0 Å². The highest BCUT2D eigenvalue weighted by Crippen LogP contribution is 2.29. The van der Waals surface area contributed by atoms with Gasteiger partial charge in [0.1, 0.15) is 5.69 Å². The standard InChI is InChI=1S/C11H16N6O2/c1-4-13-11-14-8(2)9(17(18)19)10(15-11)16(3)7-5-6-12/h4-5,7H2,1-3H3,(H,13,14,15). The van der Waals surface area contributed by atoms with Crippen LogP contribution in [-0.4, -0.2) is 35.0 Å². The summed E-state index contributed by atoms with van der Waals surface area (Å²) >= 11 is 0. The van der Waals surface area contributed by atoms with Crippen molar-refractivity contribution in [3.05, 3.63) is 15.8 Å². The Morgan fingerprint density at radius 3 is 2.74 bits per heavy atom. The first kappa shape index (κ1) is 14.6. The lowest BCUT2D eigenvalue weighted by molar-refractivity contribution is -0.385. The second-order valence-corrected chi connectivity index (χ2v) is 3.92. The third kappa shape index (κ3) is 3.51. The molecule has 0 spiro atoms. The maximum atomic E-state index is 11.1. The van der Waals surface area contributed by atoms with Gasteiger partial charge < -0.3 is 10.2 Å². The van der Waals surface area contributed by atoms with Gasteiger partial charge in [0.15, 0.2) is 0 Å². The van der Waals surface area contributed by atoms with Crippen LogP contribution in [0.1, 0.15) is 19.0 Å². The lowest BCUT2D eigenvalue weighted by atomic mass is 10.3. The molecule has 0 aliphatic rings. The van der Waals surface area contributed by atoms with Gasteiger partial charge in [-0.25, -0.2) is 4.98 Å². The highest BCUT2D eigenvalue weighted by atomic mass is 16.6. The number of aryl methyl sites for hydroxylation is 1. The Kier molecular flexibility index (Phi) is 5.00. The molecule has 0 radical (unpaired) electrons. The van der Waals surface area contributed by atoms with Crippen molar-refractivity contribution in [2.75, 3.05) is 30.4 Å². The summed E-state index contributed by atoms with van der Waals surface area (Å²) in [6.07, 6.45) is 0.271. The SMILES string of the molecule is CCNc1nc(C)c([N+](=O)[O-])c(N(C)CCC#N)n1. The van der Waals surface area contributed by atoms with Crippen LogP contribution in [0.4, 0.5) is 17.5 Å². The van der Waals surface area contributed by atoms with Crippen molar-refractivity contribution in [1.82, 2.24) is 9.97 Å². The normalized spacial score (nSPS) is 9.79. The summed E-state index contributed by atoms with van der Waals surface area (Å²) in [5.41, 5.74) is 0.178. The molecule has 0 saturated carbocycles. The second kappa shape index (κ2) is 6.49.